The Hall–Kier alpha value is -1.35. The van der Waals surface area contributed by atoms with Crippen molar-refractivity contribution < 1.29 is 4.79 Å². The molecule has 1 atom stereocenters. The number of benzene rings is 1. The van der Waals surface area contributed by atoms with Crippen molar-refractivity contribution in [3.63, 3.8) is 0 Å². The second kappa shape index (κ2) is 7.29. The summed E-state index contributed by atoms with van der Waals surface area (Å²) in [5.74, 6) is -0.0941. The van der Waals surface area contributed by atoms with E-state index in [-0.39, 0.29) is 17.4 Å². The molecule has 0 saturated heterocycles. The van der Waals surface area contributed by atoms with Crippen LogP contribution in [0.15, 0.2) is 30.3 Å². The summed E-state index contributed by atoms with van der Waals surface area (Å²) in [6.45, 7) is 6.62. The van der Waals surface area contributed by atoms with Gasteiger partial charge in [0.2, 0.25) is 5.91 Å². The first kappa shape index (κ1) is 15.7. The maximum Gasteiger partial charge on any atom is 0.225 e. The number of hydrogen-bond acceptors (Lipinski definition) is 2. The van der Waals surface area contributed by atoms with Crippen LogP contribution in [0.1, 0.15) is 39.2 Å². The molecule has 3 heteroatoms. The van der Waals surface area contributed by atoms with E-state index in [9.17, 15) is 4.79 Å². The summed E-state index contributed by atoms with van der Waals surface area (Å²) in [5, 5.41) is 3.11. The minimum absolute atomic E-state index is 0.0600. The zero-order valence-electron chi connectivity index (χ0n) is 12.3. The number of nitrogens with two attached hydrogens (primary N) is 1. The first-order valence-corrected chi connectivity index (χ1v) is 7.04. The molecule has 0 heterocycles. The van der Waals surface area contributed by atoms with Crippen LogP contribution in [-0.4, -0.2) is 18.0 Å². The molecule has 0 bridgehead atoms. The van der Waals surface area contributed by atoms with Gasteiger partial charge in [0.1, 0.15) is 0 Å². The van der Waals surface area contributed by atoms with Gasteiger partial charge in [0, 0.05) is 12.1 Å². The molecule has 3 N–H and O–H groups in total. The molecule has 0 aliphatic heterocycles. The smallest absolute Gasteiger partial charge is 0.225 e. The zero-order chi connectivity index (χ0) is 14.3. The van der Waals surface area contributed by atoms with Gasteiger partial charge in [-0.15, -0.1) is 0 Å². The molecular weight excluding hydrogens is 236 g/mol. The molecule has 106 valence electrons. The third-order valence-electron chi connectivity index (χ3n) is 3.32. The van der Waals surface area contributed by atoms with Crippen LogP contribution in [0.4, 0.5) is 0 Å². The summed E-state index contributed by atoms with van der Waals surface area (Å²) in [6, 6.07) is 10.0. The predicted octanol–water partition coefficient (Wildman–Crippen LogP) is 2.50. The van der Waals surface area contributed by atoms with E-state index in [1.807, 2.05) is 30.3 Å². The molecule has 19 heavy (non-hydrogen) atoms. The van der Waals surface area contributed by atoms with E-state index in [1.54, 1.807) is 0 Å². The number of amides is 1. The van der Waals surface area contributed by atoms with Crippen LogP contribution >= 0.6 is 0 Å². The maximum absolute atomic E-state index is 12.3. The number of nitrogens with one attached hydrogen (secondary N) is 1. The van der Waals surface area contributed by atoms with Crippen molar-refractivity contribution in [1.82, 2.24) is 5.32 Å². The molecule has 0 spiro atoms. The van der Waals surface area contributed by atoms with E-state index in [0.29, 0.717) is 13.0 Å². The molecule has 1 aromatic carbocycles. The van der Waals surface area contributed by atoms with Crippen molar-refractivity contribution in [2.24, 2.45) is 11.7 Å². The average Bonchev–Trinajstić information content (AvgIpc) is 2.36. The molecule has 0 saturated carbocycles. The minimum atomic E-state index is -0.157. The van der Waals surface area contributed by atoms with Gasteiger partial charge in [-0.1, -0.05) is 43.7 Å². The van der Waals surface area contributed by atoms with Crippen LogP contribution < -0.4 is 11.1 Å². The summed E-state index contributed by atoms with van der Waals surface area (Å²) >= 11 is 0. The van der Waals surface area contributed by atoms with E-state index in [4.69, 9.17) is 5.73 Å². The molecule has 1 unspecified atom stereocenters. The van der Waals surface area contributed by atoms with Gasteiger partial charge in [-0.2, -0.15) is 0 Å². The fraction of sp³-hybridized carbons (Fsp3) is 0.562. The molecule has 0 aliphatic rings. The Labute approximate surface area is 116 Å². The third kappa shape index (κ3) is 5.43. The van der Waals surface area contributed by atoms with Crippen LogP contribution in [-0.2, 0) is 11.2 Å². The first-order valence-electron chi connectivity index (χ1n) is 7.04. The quantitative estimate of drug-likeness (QED) is 0.793. The van der Waals surface area contributed by atoms with E-state index in [1.165, 1.54) is 0 Å². The average molecular weight is 262 g/mol. The van der Waals surface area contributed by atoms with Crippen molar-refractivity contribution in [3.8, 4) is 0 Å². The lowest BCUT2D eigenvalue weighted by Crippen LogP contribution is -2.48. The summed E-state index contributed by atoms with van der Waals surface area (Å²) in [5.41, 5.74) is 6.75. The second-order valence-electron chi connectivity index (χ2n) is 5.75. The largest absolute Gasteiger partial charge is 0.351 e. The van der Waals surface area contributed by atoms with Crippen LogP contribution in [0.5, 0.6) is 0 Å². The zero-order valence-corrected chi connectivity index (χ0v) is 12.3. The molecular formula is C16H26N2O. The maximum atomic E-state index is 12.3. The summed E-state index contributed by atoms with van der Waals surface area (Å²) < 4.78 is 0. The van der Waals surface area contributed by atoms with Crippen LogP contribution in [0, 0.1) is 5.92 Å². The van der Waals surface area contributed by atoms with Gasteiger partial charge in [0.15, 0.2) is 0 Å². The highest BCUT2D eigenvalue weighted by atomic mass is 16.2. The molecule has 0 radical (unpaired) electrons. The highest BCUT2D eigenvalue weighted by Crippen LogP contribution is 2.14. The third-order valence-corrected chi connectivity index (χ3v) is 3.32. The van der Waals surface area contributed by atoms with Gasteiger partial charge in [-0.05, 0) is 32.3 Å². The Morgan fingerprint density at radius 1 is 1.32 bits per heavy atom. The molecule has 1 aromatic rings. The lowest BCUT2D eigenvalue weighted by molar-refractivity contribution is -0.126. The topological polar surface area (TPSA) is 55.1 Å². The fourth-order valence-corrected chi connectivity index (χ4v) is 2.30. The van der Waals surface area contributed by atoms with E-state index < -0.39 is 0 Å². The summed E-state index contributed by atoms with van der Waals surface area (Å²) in [6.07, 6.45) is 2.73. The highest BCUT2D eigenvalue weighted by molar-refractivity contribution is 5.79. The van der Waals surface area contributed by atoms with Crippen LogP contribution in [0.3, 0.4) is 0 Å². The van der Waals surface area contributed by atoms with Crippen LogP contribution in [0.25, 0.3) is 0 Å². The number of carbonyl (C=O) groups excluding carboxylic acids is 1. The number of rotatable bonds is 7. The van der Waals surface area contributed by atoms with E-state index in [2.05, 4.69) is 26.1 Å². The molecule has 0 fully saturated rings. The van der Waals surface area contributed by atoms with Crippen molar-refractivity contribution in [1.29, 1.82) is 0 Å². The second-order valence-corrected chi connectivity index (χ2v) is 5.75. The molecule has 1 amide bonds. The highest BCUT2D eigenvalue weighted by Gasteiger charge is 2.24. The number of carbonyl (C=O) groups is 1. The monoisotopic (exact) mass is 262 g/mol. The molecule has 1 rings (SSSR count). The lowest BCUT2D eigenvalue weighted by Gasteiger charge is -2.28. The van der Waals surface area contributed by atoms with Crippen molar-refractivity contribution in [2.75, 3.05) is 6.54 Å². The van der Waals surface area contributed by atoms with Crippen molar-refractivity contribution in [3.05, 3.63) is 35.9 Å². The van der Waals surface area contributed by atoms with Crippen LogP contribution in [0.2, 0.25) is 0 Å². The van der Waals surface area contributed by atoms with Gasteiger partial charge >= 0.3 is 0 Å². The van der Waals surface area contributed by atoms with Gasteiger partial charge in [0.05, 0.1) is 5.92 Å². The lowest BCUT2D eigenvalue weighted by atomic mass is 9.94. The van der Waals surface area contributed by atoms with Gasteiger partial charge in [0.25, 0.3) is 0 Å². The SMILES string of the molecule is CCCC(C)(C)NC(=O)C(CN)Cc1ccccc1. The van der Waals surface area contributed by atoms with Crippen molar-refractivity contribution in [2.45, 2.75) is 45.6 Å². The number of hydrogen-bond donors (Lipinski definition) is 2. The Morgan fingerprint density at radius 2 is 1.95 bits per heavy atom. The standard InChI is InChI=1S/C16H26N2O/c1-4-10-16(2,3)18-15(19)14(12-17)11-13-8-6-5-7-9-13/h5-9,14H,4,10-12,17H2,1-3H3,(H,18,19). The molecule has 0 aromatic heterocycles. The normalized spacial score (nSPS) is 13.1. The Balaban J connectivity index is 2.62. The minimum Gasteiger partial charge on any atom is -0.351 e. The van der Waals surface area contributed by atoms with Gasteiger partial charge in [-0.25, -0.2) is 0 Å². The predicted molar refractivity (Wildman–Crippen MR) is 79.8 cm³/mol. The first-order chi connectivity index (χ1) is 8.98. The molecule has 3 nitrogen and oxygen atoms in total. The van der Waals surface area contributed by atoms with Crippen molar-refractivity contribution >= 4 is 5.91 Å². The van der Waals surface area contributed by atoms with E-state index >= 15 is 0 Å². The fourth-order valence-electron chi connectivity index (χ4n) is 2.30. The Bertz CT molecular complexity index is 387. The Morgan fingerprint density at radius 3 is 2.47 bits per heavy atom. The summed E-state index contributed by atoms with van der Waals surface area (Å²) in [4.78, 5) is 12.3. The Kier molecular flexibility index (Phi) is 6.03. The molecule has 0 aliphatic carbocycles. The van der Waals surface area contributed by atoms with Gasteiger partial charge in [-0.3, -0.25) is 4.79 Å². The van der Waals surface area contributed by atoms with Gasteiger partial charge < -0.3 is 11.1 Å². The van der Waals surface area contributed by atoms with E-state index in [0.717, 1.165) is 18.4 Å². The summed E-state index contributed by atoms with van der Waals surface area (Å²) in [7, 11) is 0.